The molecule has 2 aliphatic rings. The monoisotopic (exact) mass is 396 g/mol. The molecule has 0 unspecified atom stereocenters. The Kier molecular flexibility index (Phi) is 5.40. The molecule has 2 aromatic rings. The number of hydrogen-bond acceptors (Lipinski definition) is 2. The van der Waals surface area contributed by atoms with Crippen LogP contribution < -0.4 is 5.32 Å². The van der Waals surface area contributed by atoms with Gasteiger partial charge in [-0.25, -0.2) is 0 Å². The molecule has 0 bridgehead atoms. The van der Waals surface area contributed by atoms with Gasteiger partial charge >= 0.3 is 0 Å². The molecule has 0 spiro atoms. The van der Waals surface area contributed by atoms with Gasteiger partial charge in [-0.05, 0) is 67.6 Å². The summed E-state index contributed by atoms with van der Waals surface area (Å²) >= 11 is 6.03. The minimum absolute atomic E-state index is 0.0194. The zero-order valence-corrected chi connectivity index (χ0v) is 16.7. The smallest absolute Gasteiger partial charge is 0.253 e. The fourth-order valence-corrected chi connectivity index (χ4v) is 4.57. The molecule has 1 N–H and O–H groups in total. The van der Waals surface area contributed by atoms with Gasteiger partial charge < -0.3 is 10.2 Å². The Morgan fingerprint density at radius 2 is 1.46 bits per heavy atom. The number of benzene rings is 2. The van der Waals surface area contributed by atoms with E-state index in [0.29, 0.717) is 10.6 Å². The molecule has 1 saturated carbocycles. The number of anilines is 1. The van der Waals surface area contributed by atoms with Crippen molar-refractivity contribution in [2.24, 2.45) is 0 Å². The molecule has 1 aliphatic heterocycles. The van der Waals surface area contributed by atoms with Gasteiger partial charge in [-0.2, -0.15) is 0 Å². The van der Waals surface area contributed by atoms with Gasteiger partial charge in [-0.3, -0.25) is 9.59 Å². The normalized spacial score (nSPS) is 18.2. The van der Waals surface area contributed by atoms with Crippen LogP contribution in [0.3, 0.4) is 0 Å². The van der Waals surface area contributed by atoms with Gasteiger partial charge in [0.1, 0.15) is 0 Å². The Morgan fingerprint density at radius 3 is 2.07 bits per heavy atom. The van der Waals surface area contributed by atoms with Crippen molar-refractivity contribution < 1.29 is 9.59 Å². The molecule has 4 nitrogen and oxygen atoms in total. The number of amides is 2. The molecule has 2 aromatic carbocycles. The summed E-state index contributed by atoms with van der Waals surface area (Å²) in [7, 11) is 0. The highest BCUT2D eigenvalue weighted by Crippen LogP contribution is 2.42. The van der Waals surface area contributed by atoms with Crippen LogP contribution in [0.25, 0.3) is 0 Å². The lowest BCUT2D eigenvalue weighted by atomic mass is 9.78. The summed E-state index contributed by atoms with van der Waals surface area (Å²) in [6.07, 6.45) is 5.91. The van der Waals surface area contributed by atoms with E-state index < -0.39 is 5.41 Å². The predicted octanol–water partition coefficient (Wildman–Crippen LogP) is 5.03. The summed E-state index contributed by atoms with van der Waals surface area (Å²) < 4.78 is 0. The quantitative estimate of drug-likeness (QED) is 0.788. The van der Waals surface area contributed by atoms with Crippen molar-refractivity contribution in [2.75, 3.05) is 18.4 Å². The molecule has 4 rings (SSSR count). The summed E-state index contributed by atoms with van der Waals surface area (Å²) in [5.74, 6) is 0.0924. The highest BCUT2D eigenvalue weighted by Gasteiger charge is 2.42. The molecule has 5 heteroatoms. The minimum atomic E-state index is -0.505. The van der Waals surface area contributed by atoms with E-state index in [9.17, 15) is 9.59 Å². The maximum atomic E-state index is 13.2. The van der Waals surface area contributed by atoms with Crippen LogP contribution in [0.4, 0.5) is 5.69 Å². The standard InChI is InChI=1S/C23H25ClN2O2/c24-19-9-7-18(8-10-19)23(13-1-2-14-23)22(28)25-20-11-5-17(6-12-20)21(27)26-15-3-4-16-26/h5-12H,1-4,13-16H2,(H,25,28). The second-order valence-corrected chi connectivity index (χ2v) is 8.26. The van der Waals surface area contributed by atoms with Crippen molar-refractivity contribution in [1.29, 1.82) is 0 Å². The van der Waals surface area contributed by atoms with Gasteiger partial charge in [-0.1, -0.05) is 36.6 Å². The van der Waals surface area contributed by atoms with Gasteiger partial charge in [0.15, 0.2) is 0 Å². The van der Waals surface area contributed by atoms with E-state index in [-0.39, 0.29) is 11.8 Å². The van der Waals surface area contributed by atoms with Crippen molar-refractivity contribution in [2.45, 2.75) is 43.9 Å². The van der Waals surface area contributed by atoms with E-state index in [1.54, 1.807) is 12.1 Å². The van der Waals surface area contributed by atoms with Crippen molar-refractivity contribution in [3.63, 3.8) is 0 Å². The van der Waals surface area contributed by atoms with Crippen LogP contribution in [0.1, 0.15) is 54.4 Å². The lowest BCUT2D eigenvalue weighted by Gasteiger charge is -2.28. The maximum absolute atomic E-state index is 13.2. The number of carbonyl (C=O) groups excluding carboxylic acids is 2. The Labute approximate surface area is 170 Å². The number of nitrogens with zero attached hydrogens (tertiary/aromatic N) is 1. The molecular weight excluding hydrogens is 372 g/mol. The van der Waals surface area contributed by atoms with Gasteiger partial charge in [-0.15, -0.1) is 0 Å². The molecule has 0 aromatic heterocycles. The van der Waals surface area contributed by atoms with Crippen LogP contribution in [-0.4, -0.2) is 29.8 Å². The summed E-state index contributed by atoms with van der Waals surface area (Å²) in [5, 5.41) is 3.75. The van der Waals surface area contributed by atoms with Crippen molar-refractivity contribution in [3.05, 3.63) is 64.7 Å². The van der Waals surface area contributed by atoms with E-state index in [1.165, 1.54) is 0 Å². The third-order valence-electron chi connectivity index (χ3n) is 6.07. The van der Waals surface area contributed by atoms with Gasteiger partial charge in [0, 0.05) is 29.4 Å². The number of halogens is 1. The van der Waals surface area contributed by atoms with Gasteiger partial charge in [0.25, 0.3) is 5.91 Å². The SMILES string of the molecule is O=C(c1ccc(NC(=O)C2(c3ccc(Cl)cc3)CCCC2)cc1)N1CCCC1. The number of likely N-dealkylation sites (tertiary alicyclic amines) is 1. The topological polar surface area (TPSA) is 49.4 Å². The largest absolute Gasteiger partial charge is 0.339 e. The Balaban J connectivity index is 1.50. The number of nitrogens with one attached hydrogen (secondary N) is 1. The molecule has 1 saturated heterocycles. The van der Waals surface area contributed by atoms with E-state index >= 15 is 0 Å². The molecule has 0 atom stereocenters. The van der Waals surface area contributed by atoms with Gasteiger partial charge in [0.2, 0.25) is 5.91 Å². The summed E-state index contributed by atoms with van der Waals surface area (Å²) in [4.78, 5) is 27.6. The van der Waals surface area contributed by atoms with Crippen molar-refractivity contribution >= 4 is 29.1 Å². The first-order valence-electron chi connectivity index (χ1n) is 10.1. The Hall–Kier alpha value is -2.33. The number of rotatable bonds is 4. The summed E-state index contributed by atoms with van der Waals surface area (Å²) in [6.45, 7) is 1.67. The fraction of sp³-hybridized carbons (Fsp3) is 0.391. The predicted molar refractivity (Wildman–Crippen MR) is 112 cm³/mol. The van der Waals surface area contributed by atoms with Crippen LogP contribution >= 0.6 is 11.6 Å². The lowest BCUT2D eigenvalue weighted by Crippen LogP contribution is -2.38. The van der Waals surface area contributed by atoms with Gasteiger partial charge in [0.05, 0.1) is 5.41 Å². The van der Waals surface area contributed by atoms with Crippen LogP contribution in [0.5, 0.6) is 0 Å². The van der Waals surface area contributed by atoms with Crippen molar-refractivity contribution in [3.8, 4) is 0 Å². The van der Waals surface area contributed by atoms with E-state index in [4.69, 9.17) is 11.6 Å². The number of carbonyl (C=O) groups is 2. The van der Waals surface area contributed by atoms with Crippen molar-refractivity contribution in [1.82, 2.24) is 4.90 Å². The second-order valence-electron chi connectivity index (χ2n) is 7.83. The molecule has 28 heavy (non-hydrogen) atoms. The molecule has 146 valence electrons. The Bertz CT molecular complexity index is 849. The third-order valence-corrected chi connectivity index (χ3v) is 6.32. The first-order chi connectivity index (χ1) is 13.6. The number of hydrogen-bond donors (Lipinski definition) is 1. The van der Waals surface area contributed by atoms with E-state index in [2.05, 4.69) is 5.32 Å². The molecule has 1 heterocycles. The average Bonchev–Trinajstić information content (AvgIpc) is 3.41. The zero-order chi connectivity index (χ0) is 19.6. The van der Waals surface area contributed by atoms with E-state index in [1.807, 2.05) is 41.3 Å². The third kappa shape index (κ3) is 3.66. The highest BCUT2D eigenvalue weighted by molar-refractivity contribution is 6.30. The fourth-order valence-electron chi connectivity index (χ4n) is 4.44. The molecular formula is C23H25ClN2O2. The average molecular weight is 397 g/mol. The van der Waals surface area contributed by atoms with Crippen LogP contribution in [0.2, 0.25) is 5.02 Å². The van der Waals surface area contributed by atoms with Crippen LogP contribution in [0.15, 0.2) is 48.5 Å². The summed E-state index contributed by atoms with van der Waals surface area (Å²) in [5.41, 5.74) is 1.92. The molecule has 2 amide bonds. The lowest BCUT2D eigenvalue weighted by molar-refractivity contribution is -0.121. The summed E-state index contributed by atoms with van der Waals surface area (Å²) in [6, 6.07) is 14.9. The first-order valence-corrected chi connectivity index (χ1v) is 10.4. The zero-order valence-electron chi connectivity index (χ0n) is 15.9. The minimum Gasteiger partial charge on any atom is -0.339 e. The van der Waals surface area contributed by atoms with Crippen LogP contribution in [-0.2, 0) is 10.2 Å². The van der Waals surface area contributed by atoms with E-state index in [0.717, 1.165) is 62.9 Å². The highest BCUT2D eigenvalue weighted by atomic mass is 35.5. The Morgan fingerprint density at radius 1 is 0.857 bits per heavy atom. The molecule has 2 fully saturated rings. The molecule has 0 radical (unpaired) electrons. The second kappa shape index (κ2) is 7.96. The first kappa shape index (κ1) is 19.0. The maximum Gasteiger partial charge on any atom is 0.253 e. The van der Waals surface area contributed by atoms with Crippen LogP contribution in [0, 0.1) is 0 Å². The molecule has 1 aliphatic carbocycles.